The zero-order valence-electron chi connectivity index (χ0n) is 14.5. The summed E-state index contributed by atoms with van der Waals surface area (Å²) in [7, 11) is 0. The van der Waals surface area contributed by atoms with Crippen molar-refractivity contribution in [3.8, 4) is 0 Å². The highest BCUT2D eigenvalue weighted by Gasteiger charge is 2.17. The molecule has 1 aromatic heterocycles. The molecule has 0 saturated carbocycles. The molecule has 5 nitrogen and oxygen atoms in total. The van der Waals surface area contributed by atoms with Crippen LogP contribution in [0, 0.1) is 0 Å². The second-order valence-corrected chi connectivity index (χ2v) is 5.80. The first-order valence-corrected chi connectivity index (χ1v) is 8.62. The maximum absolute atomic E-state index is 12.9. The van der Waals surface area contributed by atoms with Gasteiger partial charge in [0.15, 0.2) is 11.5 Å². The van der Waals surface area contributed by atoms with Crippen LogP contribution in [0.3, 0.4) is 0 Å². The van der Waals surface area contributed by atoms with Gasteiger partial charge in [-0.05, 0) is 36.6 Å². The number of amides is 1. The van der Waals surface area contributed by atoms with E-state index in [-0.39, 0.29) is 5.91 Å². The van der Waals surface area contributed by atoms with Crippen molar-refractivity contribution < 1.29 is 4.79 Å². The summed E-state index contributed by atoms with van der Waals surface area (Å²) in [6, 6.07) is 15.4. The van der Waals surface area contributed by atoms with Gasteiger partial charge in [-0.3, -0.25) is 4.79 Å². The van der Waals surface area contributed by atoms with Crippen molar-refractivity contribution in [2.24, 2.45) is 0 Å². The number of carbonyl (C=O) groups excluding carboxylic acids is 1. The van der Waals surface area contributed by atoms with Crippen molar-refractivity contribution in [1.82, 2.24) is 9.97 Å². The fourth-order valence-electron chi connectivity index (χ4n) is 2.66. The number of aryl methyl sites for hydroxylation is 1. The Hall–Kier alpha value is -2.95. The number of carbonyl (C=O) groups is 1. The second kappa shape index (κ2) is 7.75. The van der Waals surface area contributed by atoms with Crippen LogP contribution in [0.2, 0.25) is 0 Å². The minimum absolute atomic E-state index is 0.252. The number of nitrogens with zero attached hydrogens (tertiary/aromatic N) is 2. The van der Waals surface area contributed by atoms with Crippen molar-refractivity contribution in [3.05, 3.63) is 59.8 Å². The van der Waals surface area contributed by atoms with E-state index in [2.05, 4.69) is 34.4 Å². The monoisotopic (exact) mass is 334 g/mol. The van der Waals surface area contributed by atoms with Gasteiger partial charge in [-0.25, -0.2) is 9.97 Å². The van der Waals surface area contributed by atoms with Crippen molar-refractivity contribution >= 4 is 28.4 Å². The zero-order valence-corrected chi connectivity index (χ0v) is 14.5. The van der Waals surface area contributed by atoms with Gasteiger partial charge >= 0.3 is 0 Å². The normalized spacial score (nSPS) is 10.6. The molecule has 1 heterocycles. The number of rotatable bonds is 6. The highest BCUT2D eigenvalue weighted by molar-refractivity contribution is 6.07. The number of hydrogen-bond donors (Lipinski definition) is 2. The molecule has 0 fully saturated rings. The molecule has 3 rings (SSSR count). The van der Waals surface area contributed by atoms with Crippen molar-refractivity contribution in [3.63, 3.8) is 0 Å². The lowest BCUT2D eigenvalue weighted by atomic mass is 10.1. The fourth-order valence-corrected chi connectivity index (χ4v) is 2.66. The van der Waals surface area contributed by atoms with Crippen LogP contribution in [-0.2, 0) is 6.42 Å². The van der Waals surface area contributed by atoms with Crippen molar-refractivity contribution in [2.75, 3.05) is 17.2 Å². The summed E-state index contributed by atoms with van der Waals surface area (Å²) in [4.78, 5) is 22.0. The standard InChI is InChI=1S/C20H22N4O/c1-3-13-21-19-18(22-16-11-7-8-12-17(16)23-19)20(25)24-15-10-6-5-9-14(15)4-2/h5-12H,3-4,13H2,1-2H3,(H,21,23)(H,24,25). The molecule has 0 aliphatic rings. The predicted octanol–water partition coefficient (Wildman–Crippen LogP) is 4.27. The molecule has 0 bridgehead atoms. The topological polar surface area (TPSA) is 66.9 Å². The van der Waals surface area contributed by atoms with E-state index in [9.17, 15) is 4.79 Å². The number of para-hydroxylation sites is 3. The quantitative estimate of drug-likeness (QED) is 0.706. The molecule has 0 saturated heterocycles. The Labute approximate surface area is 147 Å². The molecule has 2 N–H and O–H groups in total. The average Bonchev–Trinajstić information content (AvgIpc) is 2.66. The van der Waals surface area contributed by atoms with Gasteiger partial charge in [-0.1, -0.05) is 44.2 Å². The number of anilines is 2. The summed E-state index contributed by atoms with van der Waals surface area (Å²) >= 11 is 0. The molecule has 0 aliphatic carbocycles. The number of aromatic nitrogens is 2. The number of fused-ring (bicyclic) bond motifs is 1. The maximum atomic E-state index is 12.9. The van der Waals surface area contributed by atoms with Gasteiger partial charge in [0.2, 0.25) is 0 Å². The Kier molecular flexibility index (Phi) is 5.23. The summed E-state index contributed by atoms with van der Waals surface area (Å²) < 4.78 is 0. The molecule has 25 heavy (non-hydrogen) atoms. The van der Waals surface area contributed by atoms with Crippen LogP contribution in [0.4, 0.5) is 11.5 Å². The number of nitrogens with one attached hydrogen (secondary N) is 2. The third kappa shape index (κ3) is 3.76. The van der Waals surface area contributed by atoms with Gasteiger partial charge < -0.3 is 10.6 Å². The van der Waals surface area contributed by atoms with E-state index in [1.165, 1.54) is 0 Å². The smallest absolute Gasteiger partial charge is 0.278 e. The van der Waals surface area contributed by atoms with E-state index >= 15 is 0 Å². The number of hydrogen-bond acceptors (Lipinski definition) is 4. The number of benzene rings is 2. The van der Waals surface area contributed by atoms with E-state index in [1.807, 2.05) is 48.5 Å². The van der Waals surface area contributed by atoms with Gasteiger partial charge in [-0.15, -0.1) is 0 Å². The molecule has 5 heteroatoms. The highest BCUT2D eigenvalue weighted by atomic mass is 16.1. The summed E-state index contributed by atoms with van der Waals surface area (Å²) in [6.45, 7) is 4.87. The van der Waals surface area contributed by atoms with Crippen molar-refractivity contribution in [1.29, 1.82) is 0 Å². The van der Waals surface area contributed by atoms with Crippen LogP contribution in [0.5, 0.6) is 0 Å². The SMILES string of the molecule is CCCNc1nc2ccccc2nc1C(=O)Nc1ccccc1CC. The van der Waals surface area contributed by atoms with Gasteiger partial charge in [0.1, 0.15) is 0 Å². The molecule has 0 aliphatic heterocycles. The van der Waals surface area contributed by atoms with E-state index in [0.717, 1.165) is 36.2 Å². The molecule has 0 unspecified atom stereocenters. The Balaban J connectivity index is 1.98. The van der Waals surface area contributed by atoms with Gasteiger partial charge in [0.25, 0.3) is 5.91 Å². The van der Waals surface area contributed by atoms with E-state index in [0.29, 0.717) is 17.0 Å². The van der Waals surface area contributed by atoms with Crippen LogP contribution in [0.15, 0.2) is 48.5 Å². The van der Waals surface area contributed by atoms with Gasteiger partial charge in [0, 0.05) is 12.2 Å². The Morgan fingerprint density at radius 1 is 0.960 bits per heavy atom. The molecule has 2 aromatic carbocycles. The van der Waals surface area contributed by atoms with Crippen LogP contribution in [0.25, 0.3) is 11.0 Å². The largest absolute Gasteiger partial charge is 0.368 e. The lowest BCUT2D eigenvalue weighted by Gasteiger charge is -2.13. The molecule has 0 spiro atoms. The van der Waals surface area contributed by atoms with Crippen LogP contribution >= 0.6 is 0 Å². The molecule has 128 valence electrons. The fraction of sp³-hybridized carbons (Fsp3) is 0.250. The van der Waals surface area contributed by atoms with E-state index in [4.69, 9.17) is 0 Å². The lowest BCUT2D eigenvalue weighted by molar-refractivity contribution is 0.102. The summed E-state index contributed by atoms with van der Waals surface area (Å²) in [5.41, 5.74) is 3.70. The second-order valence-electron chi connectivity index (χ2n) is 5.80. The highest BCUT2D eigenvalue weighted by Crippen LogP contribution is 2.20. The average molecular weight is 334 g/mol. The van der Waals surface area contributed by atoms with Crippen LogP contribution in [-0.4, -0.2) is 22.4 Å². The van der Waals surface area contributed by atoms with Gasteiger partial charge in [-0.2, -0.15) is 0 Å². The summed E-state index contributed by atoms with van der Waals surface area (Å²) in [6.07, 6.45) is 1.79. The zero-order chi connectivity index (χ0) is 17.6. The molecular weight excluding hydrogens is 312 g/mol. The summed E-state index contributed by atoms with van der Waals surface area (Å²) in [5.74, 6) is 0.268. The maximum Gasteiger partial charge on any atom is 0.278 e. The van der Waals surface area contributed by atoms with Crippen LogP contribution < -0.4 is 10.6 Å². The van der Waals surface area contributed by atoms with Gasteiger partial charge in [0.05, 0.1) is 11.0 Å². The molecule has 0 atom stereocenters. The first kappa shape index (κ1) is 16.9. The minimum atomic E-state index is -0.252. The Bertz CT molecular complexity index is 892. The first-order chi connectivity index (χ1) is 12.2. The molecule has 3 aromatic rings. The van der Waals surface area contributed by atoms with Crippen LogP contribution in [0.1, 0.15) is 36.3 Å². The Morgan fingerprint density at radius 3 is 2.36 bits per heavy atom. The molecule has 0 radical (unpaired) electrons. The lowest BCUT2D eigenvalue weighted by Crippen LogP contribution is -2.19. The van der Waals surface area contributed by atoms with E-state index < -0.39 is 0 Å². The third-order valence-corrected chi connectivity index (χ3v) is 3.97. The molecule has 1 amide bonds. The Morgan fingerprint density at radius 2 is 1.64 bits per heavy atom. The first-order valence-electron chi connectivity index (χ1n) is 8.62. The third-order valence-electron chi connectivity index (χ3n) is 3.97. The molecular formula is C20H22N4O. The van der Waals surface area contributed by atoms with E-state index in [1.54, 1.807) is 0 Å². The van der Waals surface area contributed by atoms with Crippen molar-refractivity contribution in [2.45, 2.75) is 26.7 Å². The summed E-state index contributed by atoms with van der Waals surface area (Å²) in [5, 5.41) is 6.19. The minimum Gasteiger partial charge on any atom is -0.368 e. The predicted molar refractivity (Wildman–Crippen MR) is 102 cm³/mol.